The molecule has 1 aliphatic rings. The Kier molecular flexibility index (Phi) is 5.23. The molecule has 0 aromatic heterocycles. The molecule has 1 aromatic carbocycles. The molecule has 0 bridgehead atoms. The molecule has 1 heterocycles. The fourth-order valence-electron chi connectivity index (χ4n) is 2.68. The van der Waals surface area contributed by atoms with E-state index in [9.17, 15) is 5.11 Å². The molecule has 1 aliphatic heterocycles. The number of hydrogen-bond acceptors (Lipinski definition) is 3. The van der Waals surface area contributed by atoms with Gasteiger partial charge in [-0.1, -0.05) is 6.07 Å². The Hall–Kier alpha value is -1.06. The van der Waals surface area contributed by atoms with Crippen molar-refractivity contribution in [3.05, 3.63) is 29.3 Å². The second-order valence-electron chi connectivity index (χ2n) is 5.30. The van der Waals surface area contributed by atoms with Gasteiger partial charge in [-0.2, -0.15) is 0 Å². The van der Waals surface area contributed by atoms with E-state index in [1.807, 2.05) is 25.1 Å². The standard InChI is InChI=1S/C16H24O3/c1-12-11-14(18-2)6-8-15(12)16(17)9-7-13-5-3-4-10-19-13/h6,8,11,13,16-17H,3-5,7,9-10H2,1-2H3. The van der Waals surface area contributed by atoms with E-state index in [0.717, 1.165) is 42.7 Å². The number of aliphatic hydroxyl groups is 1. The van der Waals surface area contributed by atoms with Gasteiger partial charge < -0.3 is 14.6 Å². The van der Waals surface area contributed by atoms with Crippen molar-refractivity contribution in [1.29, 1.82) is 0 Å². The van der Waals surface area contributed by atoms with Crippen LogP contribution in [0.2, 0.25) is 0 Å². The number of hydrogen-bond donors (Lipinski definition) is 1. The first-order valence-corrected chi connectivity index (χ1v) is 7.15. The van der Waals surface area contributed by atoms with Crippen molar-refractivity contribution in [3.63, 3.8) is 0 Å². The van der Waals surface area contributed by atoms with Crippen LogP contribution in [0.3, 0.4) is 0 Å². The lowest BCUT2D eigenvalue weighted by molar-refractivity contribution is 0.00208. The van der Waals surface area contributed by atoms with Gasteiger partial charge in [0.25, 0.3) is 0 Å². The Bertz CT molecular complexity index is 397. The zero-order valence-electron chi connectivity index (χ0n) is 11.9. The Morgan fingerprint density at radius 2 is 2.26 bits per heavy atom. The number of aliphatic hydroxyl groups excluding tert-OH is 1. The molecular formula is C16H24O3. The quantitative estimate of drug-likeness (QED) is 0.886. The molecule has 1 saturated heterocycles. The minimum atomic E-state index is -0.406. The van der Waals surface area contributed by atoms with Crippen LogP contribution in [0.4, 0.5) is 0 Å². The van der Waals surface area contributed by atoms with Gasteiger partial charge in [-0.3, -0.25) is 0 Å². The monoisotopic (exact) mass is 264 g/mol. The summed E-state index contributed by atoms with van der Waals surface area (Å²) in [6.07, 6.45) is 5.19. The first-order valence-electron chi connectivity index (χ1n) is 7.15. The van der Waals surface area contributed by atoms with Crippen molar-refractivity contribution in [1.82, 2.24) is 0 Å². The molecule has 0 spiro atoms. The predicted octanol–water partition coefficient (Wildman–Crippen LogP) is 3.39. The number of methoxy groups -OCH3 is 1. The van der Waals surface area contributed by atoms with Gasteiger partial charge in [0.15, 0.2) is 0 Å². The Balaban J connectivity index is 1.89. The maximum atomic E-state index is 10.3. The van der Waals surface area contributed by atoms with Crippen molar-refractivity contribution in [2.75, 3.05) is 13.7 Å². The van der Waals surface area contributed by atoms with Gasteiger partial charge in [-0.15, -0.1) is 0 Å². The smallest absolute Gasteiger partial charge is 0.119 e. The summed E-state index contributed by atoms with van der Waals surface area (Å²) in [4.78, 5) is 0. The average Bonchev–Trinajstić information content (AvgIpc) is 2.45. The summed E-state index contributed by atoms with van der Waals surface area (Å²) in [7, 11) is 1.66. The van der Waals surface area contributed by atoms with Crippen LogP contribution in [0.5, 0.6) is 5.75 Å². The van der Waals surface area contributed by atoms with E-state index in [4.69, 9.17) is 9.47 Å². The van der Waals surface area contributed by atoms with E-state index < -0.39 is 6.10 Å². The second kappa shape index (κ2) is 6.92. The molecule has 0 amide bonds. The zero-order chi connectivity index (χ0) is 13.7. The number of benzene rings is 1. The molecule has 2 unspecified atom stereocenters. The van der Waals surface area contributed by atoms with Crippen molar-refractivity contribution in [2.24, 2.45) is 0 Å². The van der Waals surface area contributed by atoms with Gasteiger partial charge in [0, 0.05) is 6.61 Å². The second-order valence-corrected chi connectivity index (χ2v) is 5.30. The van der Waals surface area contributed by atoms with Crippen molar-refractivity contribution >= 4 is 0 Å². The summed E-state index contributed by atoms with van der Waals surface area (Å²) in [5.41, 5.74) is 2.08. The molecule has 106 valence electrons. The van der Waals surface area contributed by atoms with E-state index in [2.05, 4.69) is 0 Å². The summed E-state index contributed by atoms with van der Waals surface area (Å²) >= 11 is 0. The van der Waals surface area contributed by atoms with E-state index in [1.54, 1.807) is 7.11 Å². The summed E-state index contributed by atoms with van der Waals surface area (Å²) < 4.78 is 10.9. The van der Waals surface area contributed by atoms with Crippen LogP contribution >= 0.6 is 0 Å². The largest absolute Gasteiger partial charge is 0.497 e. The third-order valence-corrected chi connectivity index (χ3v) is 3.87. The lowest BCUT2D eigenvalue weighted by Gasteiger charge is -2.24. The van der Waals surface area contributed by atoms with Gasteiger partial charge in [0.1, 0.15) is 5.75 Å². The van der Waals surface area contributed by atoms with Crippen LogP contribution < -0.4 is 4.74 Å². The van der Waals surface area contributed by atoms with Crippen LogP contribution in [-0.2, 0) is 4.74 Å². The number of rotatable bonds is 5. The maximum absolute atomic E-state index is 10.3. The van der Waals surface area contributed by atoms with Crippen LogP contribution in [0.1, 0.15) is 49.3 Å². The lowest BCUT2D eigenvalue weighted by Crippen LogP contribution is -2.19. The highest BCUT2D eigenvalue weighted by molar-refractivity contribution is 5.35. The summed E-state index contributed by atoms with van der Waals surface area (Å²) in [5, 5.41) is 10.3. The molecule has 1 N–H and O–H groups in total. The molecule has 0 aliphatic carbocycles. The average molecular weight is 264 g/mol. The van der Waals surface area contributed by atoms with Crippen molar-refractivity contribution in [2.45, 2.75) is 51.2 Å². The van der Waals surface area contributed by atoms with Crippen LogP contribution in [-0.4, -0.2) is 24.9 Å². The highest BCUT2D eigenvalue weighted by Crippen LogP contribution is 2.27. The molecule has 0 saturated carbocycles. The van der Waals surface area contributed by atoms with E-state index in [0.29, 0.717) is 6.10 Å². The molecular weight excluding hydrogens is 240 g/mol. The van der Waals surface area contributed by atoms with Gasteiger partial charge in [0.2, 0.25) is 0 Å². The summed E-state index contributed by atoms with van der Waals surface area (Å²) in [5.74, 6) is 0.837. The SMILES string of the molecule is COc1ccc(C(O)CCC2CCCCO2)c(C)c1. The van der Waals surface area contributed by atoms with Gasteiger partial charge in [-0.05, 0) is 62.3 Å². The van der Waals surface area contributed by atoms with E-state index >= 15 is 0 Å². The predicted molar refractivity (Wildman–Crippen MR) is 75.5 cm³/mol. The third kappa shape index (κ3) is 3.95. The molecule has 2 atom stereocenters. The number of ether oxygens (including phenoxy) is 2. The van der Waals surface area contributed by atoms with Gasteiger partial charge in [0.05, 0.1) is 19.3 Å². The first kappa shape index (κ1) is 14.4. The fraction of sp³-hybridized carbons (Fsp3) is 0.625. The minimum absolute atomic E-state index is 0.335. The molecule has 1 fully saturated rings. The first-order chi connectivity index (χ1) is 9.20. The van der Waals surface area contributed by atoms with Crippen molar-refractivity contribution < 1.29 is 14.6 Å². The molecule has 1 aromatic rings. The van der Waals surface area contributed by atoms with E-state index in [-0.39, 0.29) is 0 Å². The zero-order valence-corrected chi connectivity index (χ0v) is 11.9. The highest BCUT2D eigenvalue weighted by Gasteiger charge is 2.17. The van der Waals surface area contributed by atoms with Gasteiger partial charge >= 0.3 is 0 Å². The molecule has 0 radical (unpaired) electrons. The van der Waals surface area contributed by atoms with Crippen molar-refractivity contribution in [3.8, 4) is 5.75 Å². The van der Waals surface area contributed by atoms with Crippen LogP contribution in [0, 0.1) is 6.92 Å². The molecule has 3 nitrogen and oxygen atoms in total. The Labute approximate surface area is 115 Å². The Morgan fingerprint density at radius 3 is 2.89 bits per heavy atom. The van der Waals surface area contributed by atoms with Gasteiger partial charge in [-0.25, -0.2) is 0 Å². The maximum Gasteiger partial charge on any atom is 0.119 e. The lowest BCUT2D eigenvalue weighted by atomic mass is 9.96. The third-order valence-electron chi connectivity index (χ3n) is 3.87. The van der Waals surface area contributed by atoms with Crippen LogP contribution in [0.15, 0.2) is 18.2 Å². The molecule has 19 heavy (non-hydrogen) atoms. The number of aryl methyl sites for hydroxylation is 1. The fourth-order valence-corrected chi connectivity index (χ4v) is 2.68. The van der Waals surface area contributed by atoms with Crippen LogP contribution in [0.25, 0.3) is 0 Å². The Morgan fingerprint density at radius 1 is 1.42 bits per heavy atom. The minimum Gasteiger partial charge on any atom is -0.497 e. The van der Waals surface area contributed by atoms with E-state index in [1.165, 1.54) is 12.8 Å². The topological polar surface area (TPSA) is 38.7 Å². The summed E-state index contributed by atoms with van der Waals surface area (Å²) in [6.45, 7) is 2.89. The highest BCUT2D eigenvalue weighted by atomic mass is 16.5. The molecule has 2 rings (SSSR count). The normalized spacial score (nSPS) is 21.1. The summed E-state index contributed by atoms with van der Waals surface area (Å²) in [6, 6.07) is 5.83. The molecule has 3 heteroatoms.